The molecule has 1 unspecified atom stereocenters. The van der Waals surface area contributed by atoms with Crippen LogP contribution in [0, 0.1) is 5.82 Å². The molecule has 2 aromatic heterocycles. The molecule has 58 heavy (non-hydrogen) atoms. The maximum Gasteiger partial charge on any atom is 0.262 e. The number of imide groups is 2. The summed E-state index contributed by atoms with van der Waals surface area (Å²) in [7, 11) is -3.73. The summed E-state index contributed by atoms with van der Waals surface area (Å²) in [5.41, 5.74) is 4.18. The number of hydrogen-bond acceptors (Lipinski definition) is 10. The highest BCUT2D eigenvalue weighted by Gasteiger charge is 2.45. The minimum Gasteiger partial charge on any atom is -0.367 e. The van der Waals surface area contributed by atoms with Gasteiger partial charge in [-0.05, 0) is 73.5 Å². The summed E-state index contributed by atoms with van der Waals surface area (Å²) >= 11 is 6.95. The Kier molecular flexibility index (Phi) is 9.81. The predicted octanol–water partition coefficient (Wildman–Crippen LogP) is 3.49. The molecule has 2 N–H and O–H groups in total. The Labute approximate surface area is 338 Å². The molecule has 4 aliphatic heterocycles. The molecule has 18 heteroatoms. The third-order valence-electron chi connectivity index (χ3n) is 11.8. The van der Waals surface area contributed by atoms with Crippen molar-refractivity contribution in [1.29, 1.82) is 0 Å². The number of sulfonamides is 1. The van der Waals surface area contributed by atoms with Gasteiger partial charge in [0.1, 0.15) is 17.5 Å². The molecule has 1 saturated carbocycles. The first kappa shape index (κ1) is 38.3. The number of pyridine rings is 1. The van der Waals surface area contributed by atoms with Gasteiger partial charge in [-0.25, -0.2) is 17.8 Å². The summed E-state index contributed by atoms with van der Waals surface area (Å²) in [4.78, 5) is 77.8. The Morgan fingerprint density at radius 2 is 1.66 bits per heavy atom. The molecule has 1 aliphatic carbocycles. The lowest BCUT2D eigenvalue weighted by atomic mass is 10.0. The number of hydrogen-bond donors (Lipinski definition) is 2. The number of carbonyl (C=O) groups is 5. The minimum atomic E-state index is -3.73. The maximum atomic E-state index is 15.4. The average molecular weight is 831 g/mol. The number of fused-ring (bicyclic) bond motifs is 2. The molecule has 4 aromatic rings. The zero-order valence-corrected chi connectivity index (χ0v) is 33.0. The normalized spacial score (nSPS) is 21.0. The Morgan fingerprint density at radius 3 is 2.38 bits per heavy atom. The summed E-state index contributed by atoms with van der Waals surface area (Å²) in [5, 5.41) is 3.69. The van der Waals surface area contributed by atoms with Crippen LogP contribution in [-0.2, 0) is 24.4 Å². The second kappa shape index (κ2) is 14.9. The molecule has 5 aliphatic rings. The van der Waals surface area contributed by atoms with Crippen LogP contribution >= 0.6 is 11.6 Å². The fraction of sp³-hybridized carbons (Fsp3) is 0.400. The van der Waals surface area contributed by atoms with Crippen molar-refractivity contribution in [1.82, 2.24) is 29.4 Å². The van der Waals surface area contributed by atoms with Gasteiger partial charge in [0.05, 0.1) is 34.1 Å². The topological polar surface area (TPSA) is 176 Å². The van der Waals surface area contributed by atoms with E-state index in [1.165, 1.54) is 15.9 Å². The van der Waals surface area contributed by atoms with Crippen LogP contribution in [0.5, 0.6) is 0 Å². The molecule has 4 fully saturated rings. The summed E-state index contributed by atoms with van der Waals surface area (Å²) in [6, 6.07) is 8.71. The van der Waals surface area contributed by atoms with Gasteiger partial charge in [0.2, 0.25) is 27.7 Å². The molecule has 3 saturated heterocycles. The third kappa shape index (κ3) is 6.92. The van der Waals surface area contributed by atoms with E-state index in [2.05, 4.69) is 20.2 Å². The number of halogens is 2. The van der Waals surface area contributed by atoms with Crippen LogP contribution in [-0.4, -0.2) is 126 Å². The van der Waals surface area contributed by atoms with Gasteiger partial charge in [0.25, 0.3) is 11.8 Å². The van der Waals surface area contributed by atoms with Crippen LogP contribution in [0.2, 0.25) is 5.02 Å². The smallest absolute Gasteiger partial charge is 0.262 e. The highest BCUT2D eigenvalue weighted by Crippen LogP contribution is 2.46. The molecule has 0 spiro atoms. The summed E-state index contributed by atoms with van der Waals surface area (Å²) < 4.78 is 43.4. The van der Waals surface area contributed by atoms with E-state index in [1.807, 2.05) is 30.5 Å². The van der Waals surface area contributed by atoms with E-state index in [1.54, 1.807) is 16.0 Å². The van der Waals surface area contributed by atoms with Crippen LogP contribution in [0.3, 0.4) is 0 Å². The third-order valence-corrected chi connectivity index (χ3v) is 14.1. The van der Waals surface area contributed by atoms with Gasteiger partial charge in [-0.3, -0.25) is 39.1 Å². The van der Waals surface area contributed by atoms with Crippen LogP contribution in [0.4, 0.5) is 15.8 Å². The number of carbonyl (C=O) groups excluding carboxylic acids is 5. The lowest BCUT2D eigenvalue weighted by Crippen LogP contribution is -2.54. The Hall–Kier alpha value is -5.23. The number of anilines is 2. The van der Waals surface area contributed by atoms with E-state index < -0.39 is 45.5 Å². The maximum absolute atomic E-state index is 15.4. The predicted molar refractivity (Wildman–Crippen MR) is 213 cm³/mol. The number of amides is 5. The van der Waals surface area contributed by atoms with Crippen molar-refractivity contribution in [2.24, 2.45) is 0 Å². The van der Waals surface area contributed by atoms with E-state index in [0.717, 1.165) is 46.0 Å². The van der Waals surface area contributed by atoms with Crippen LogP contribution in [0.1, 0.15) is 64.3 Å². The van der Waals surface area contributed by atoms with Crippen LogP contribution in [0.15, 0.2) is 48.8 Å². The van der Waals surface area contributed by atoms with Gasteiger partial charge < -0.3 is 14.8 Å². The zero-order valence-electron chi connectivity index (χ0n) is 31.4. The number of piperazine rings is 2. The number of nitrogens with zero attached hydrogens (tertiary/aromatic N) is 6. The van der Waals surface area contributed by atoms with E-state index in [-0.39, 0.29) is 61.0 Å². The lowest BCUT2D eigenvalue weighted by molar-refractivity contribution is -0.136. The number of aromatic amines is 1. The van der Waals surface area contributed by atoms with Crippen molar-refractivity contribution in [3.63, 3.8) is 0 Å². The standard InChI is InChI=1S/C40H40ClFN8O7S/c41-36-29(21-44-37-35(36)28(20-43-37)23-5-6-23)24-3-1-4-25(17-24)49-15-14-48(22-34(49)52)58(56,57)16-2-9-46-10-12-47(13-11-46)32-19-27-26(18-30(32)42)39(54)50(40(27)55)31-7-8-33(51)45-38(31)53/h1,3-4,17-21,23,31H,2,5-16,22H2,(H,43,44)(H,45,51,53). The molecule has 9 rings (SSSR count). The van der Waals surface area contributed by atoms with Crippen molar-refractivity contribution in [3.05, 3.63) is 76.3 Å². The number of aromatic nitrogens is 2. The Balaban J connectivity index is 0.776. The summed E-state index contributed by atoms with van der Waals surface area (Å²) in [6.07, 6.45) is 6.28. The van der Waals surface area contributed by atoms with Crippen molar-refractivity contribution < 1.29 is 36.8 Å². The van der Waals surface area contributed by atoms with Gasteiger partial charge >= 0.3 is 0 Å². The van der Waals surface area contributed by atoms with Crippen molar-refractivity contribution in [3.8, 4) is 11.1 Å². The summed E-state index contributed by atoms with van der Waals surface area (Å²) in [6.45, 7) is 2.36. The van der Waals surface area contributed by atoms with Gasteiger partial charge in [0.15, 0.2) is 0 Å². The van der Waals surface area contributed by atoms with Gasteiger partial charge in [-0.15, -0.1) is 0 Å². The molecule has 5 amide bonds. The van der Waals surface area contributed by atoms with Crippen molar-refractivity contribution in [2.45, 2.75) is 44.1 Å². The fourth-order valence-electron chi connectivity index (χ4n) is 8.53. The quantitative estimate of drug-likeness (QED) is 0.225. The van der Waals surface area contributed by atoms with E-state index in [0.29, 0.717) is 55.8 Å². The molecule has 302 valence electrons. The first-order chi connectivity index (χ1) is 27.9. The number of H-pyrrole nitrogens is 1. The number of piperidine rings is 1. The molecular formula is C40H40ClFN8O7S. The number of nitrogens with one attached hydrogen (secondary N) is 2. The van der Waals surface area contributed by atoms with E-state index in [9.17, 15) is 32.4 Å². The lowest BCUT2D eigenvalue weighted by Gasteiger charge is -2.36. The molecule has 0 radical (unpaired) electrons. The zero-order chi connectivity index (χ0) is 40.5. The minimum absolute atomic E-state index is 0.00158. The molecule has 1 atom stereocenters. The Bertz CT molecular complexity index is 2520. The monoisotopic (exact) mass is 830 g/mol. The molecule has 0 bridgehead atoms. The largest absolute Gasteiger partial charge is 0.367 e. The molecule has 15 nitrogen and oxygen atoms in total. The van der Waals surface area contributed by atoms with Gasteiger partial charge in [-0.1, -0.05) is 23.7 Å². The van der Waals surface area contributed by atoms with Gasteiger partial charge in [0, 0.05) is 74.7 Å². The first-order valence-corrected chi connectivity index (χ1v) is 21.4. The summed E-state index contributed by atoms with van der Waals surface area (Å²) in [5.74, 6) is -3.35. The van der Waals surface area contributed by atoms with E-state index in [4.69, 9.17) is 11.6 Å². The highest BCUT2D eigenvalue weighted by atomic mass is 35.5. The van der Waals surface area contributed by atoms with Crippen molar-refractivity contribution >= 4 is 73.6 Å². The molecule has 6 heterocycles. The molecular weight excluding hydrogens is 791 g/mol. The number of benzene rings is 2. The SMILES string of the molecule is O=C1CCC(N2C(=O)c3cc(F)c(N4CCN(CCCS(=O)(=O)N5CCN(c6cccc(-c7cnc8[nH]cc(C9CC9)c8c7Cl)c6)C(=O)C5)CC4)cc3C2=O)C(=O)N1. The average Bonchev–Trinajstić information content (AvgIpc) is 3.91. The molecule has 2 aromatic carbocycles. The first-order valence-electron chi connectivity index (χ1n) is 19.4. The van der Waals surface area contributed by atoms with Crippen molar-refractivity contribution in [2.75, 3.05) is 67.9 Å². The highest BCUT2D eigenvalue weighted by molar-refractivity contribution is 7.89. The Morgan fingerprint density at radius 1 is 0.897 bits per heavy atom. The fourth-order valence-corrected chi connectivity index (χ4v) is 10.3. The second-order valence-electron chi connectivity index (χ2n) is 15.5. The van der Waals surface area contributed by atoms with E-state index >= 15 is 4.39 Å². The number of rotatable bonds is 10. The van der Waals surface area contributed by atoms with Gasteiger partial charge in [-0.2, -0.15) is 4.31 Å². The van der Waals surface area contributed by atoms with Crippen LogP contribution in [0.25, 0.3) is 22.2 Å². The van der Waals surface area contributed by atoms with Crippen LogP contribution < -0.4 is 15.1 Å². The second-order valence-corrected chi connectivity index (χ2v) is 17.9.